The van der Waals surface area contributed by atoms with Crippen molar-refractivity contribution in [3.8, 4) is 11.5 Å². The smallest absolute Gasteiger partial charge is 0.497 e. The van der Waals surface area contributed by atoms with Gasteiger partial charge in [-0.3, -0.25) is 39.4 Å². The number of rotatable bonds is 18. The van der Waals surface area contributed by atoms with Crippen LogP contribution < -0.4 is 9.47 Å². The van der Waals surface area contributed by atoms with Gasteiger partial charge in [0.2, 0.25) is 11.8 Å². The van der Waals surface area contributed by atoms with Crippen molar-refractivity contribution in [2.75, 3.05) is 14.2 Å². The largest absolute Gasteiger partial charge is 0.508 e. The molecule has 1 heterocycles. The minimum atomic E-state index is -2.12. The predicted octanol–water partition coefficient (Wildman–Crippen LogP) is 6.84. The number of ether oxygens (including phenoxy) is 6. The first kappa shape index (κ1) is 45.7. The molecule has 0 bridgehead atoms. The van der Waals surface area contributed by atoms with Crippen molar-refractivity contribution in [1.29, 1.82) is 0 Å². The number of esters is 2. The van der Waals surface area contributed by atoms with Gasteiger partial charge in [-0.05, 0) is 98.5 Å². The molecule has 5 rings (SSSR count). The number of nitro benzene ring substituents is 2. The van der Waals surface area contributed by atoms with Crippen LogP contribution in [0.2, 0.25) is 0 Å². The fourth-order valence-corrected chi connectivity index (χ4v) is 6.85. The Kier molecular flexibility index (Phi) is 14.6. The molecule has 0 aromatic heterocycles. The highest BCUT2D eigenvalue weighted by Crippen LogP contribution is 2.44. The second-order valence-electron chi connectivity index (χ2n) is 15.2. The summed E-state index contributed by atoms with van der Waals surface area (Å²) in [5.74, 6) is -6.20. The number of nitro groups is 2. The van der Waals surface area contributed by atoms with Crippen molar-refractivity contribution < 1.29 is 62.2 Å². The summed E-state index contributed by atoms with van der Waals surface area (Å²) in [5.41, 5.74) is 0.459. The fraction of sp³-hybridized carbons (Fsp3) is 0.341. The maximum absolute atomic E-state index is 14.5. The quantitative estimate of drug-likeness (QED) is 0.0249. The molecule has 0 radical (unpaired) electrons. The van der Waals surface area contributed by atoms with Crippen molar-refractivity contribution in [3.63, 3.8) is 0 Å². The van der Waals surface area contributed by atoms with E-state index in [1.54, 1.807) is 69.3 Å². The molecular formula is C44H45N3O15. The van der Waals surface area contributed by atoms with Gasteiger partial charge in [-0.25, -0.2) is 4.79 Å². The standard InChI is InChI=1S/C44H45N3O15/c1-26(61-43(52)60-25-28-9-17-32(18-10-28)47(55)56)37-35(45(40(37)49)39(29-11-19-33(57-5)20-12-29)30-13-21-34(58-6)22-14-30)23-36(48)38(42(51)62-44(2,3)4)41(50)59-24-27-7-15-31(16-8-27)46(53)54/h7-22,26,35,37-39H,23-25H2,1-6H3. The lowest BCUT2D eigenvalue weighted by atomic mass is 9.76. The summed E-state index contributed by atoms with van der Waals surface area (Å²) in [4.78, 5) is 91.7. The van der Waals surface area contributed by atoms with E-state index < -0.39 is 88.3 Å². The van der Waals surface area contributed by atoms with Crippen LogP contribution in [0.1, 0.15) is 62.4 Å². The molecule has 0 aliphatic carbocycles. The Morgan fingerprint density at radius 3 is 1.56 bits per heavy atom. The molecule has 0 N–H and O–H groups in total. The minimum Gasteiger partial charge on any atom is -0.497 e. The molecule has 4 aromatic rings. The molecule has 4 aromatic carbocycles. The van der Waals surface area contributed by atoms with Crippen molar-refractivity contribution in [1.82, 2.24) is 4.90 Å². The van der Waals surface area contributed by atoms with E-state index >= 15 is 0 Å². The summed E-state index contributed by atoms with van der Waals surface area (Å²) in [6.45, 7) is 5.32. The molecule has 1 saturated heterocycles. The summed E-state index contributed by atoms with van der Waals surface area (Å²) in [7, 11) is 3.00. The number of hydrogen-bond donors (Lipinski definition) is 0. The van der Waals surface area contributed by atoms with Crippen LogP contribution in [0.4, 0.5) is 16.2 Å². The number of nitrogens with zero attached hydrogens (tertiary/aromatic N) is 3. The molecule has 1 aliphatic rings. The zero-order chi connectivity index (χ0) is 45.3. The summed E-state index contributed by atoms with van der Waals surface area (Å²) in [6.07, 6.45) is -3.00. The molecule has 0 saturated carbocycles. The molecule has 18 nitrogen and oxygen atoms in total. The Morgan fingerprint density at radius 1 is 0.694 bits per heavy atom. The first-order valence-electron chi connectivity index (χ1n) is 19.2. The average Bonchev–Trinajstić information content (AvgIpc) is 3.23. The van der Waals surface area contributed by atoms with Gasteiger partial charge >= 0.3 is 18.1 Å². The van der Waals surface area contributed by atoms with Crippen LogP contribution >= 0.6 is 0 Å². The fourth-order valence-electron chi connectivity index (χ4n) is 6.85. The Labute approximate surface area is 355 Å². The van der Waals surface area contributed by atoms with Crippen LogP contribution in [0.25, 0.3) is 0 Å². The van der Waals surface area contributed by atoms with Gasteiger partial charge < -0.3 is 33.3 Å². The molecule has 0 spiro atoms. The summed E-state index contributed by atoms with van der Waals surface area (Å²) >= 11 is 0. The molecule has 4 atom stereocenters. The van der Waals surface area contributed by atoms with Crippen LogP contribution in [0, 0.1) is 32.1 Å². The number of methoxy groups -OCH3 is 2. The van der Waals surface area contributed by atoms with Crippen molar-refractivity contribution in [2.45, 2.75) is 71.1 Å². The maximum atomic E-state index is 14.5. The second-order valence-corrected chi connectivity index (χ2v) is 15.2. The number of carbonyl (C=O) groups excluding carboxylic acids is 5. The van der Waals surface area contributed by atoms with E-state index in [4.69, 9.17) is 28.4 Å². The monoisotopic (exact) mass is 855 g/mol. The predicted molar refractivity (Wildman–Crippen MR) is 218 cm³/mol. The number of likely N-dealkylation sites (tertiary alicyclic amines) is 1. The number of β-lactam (4-membered cyclic amide) rings is 1. The number of benzene rings is 4. The first-order valence-corrected chi connectivity index (χ1v) is 19.2. The molecule has 1 aliphatic heterocycles. The zero-order valence-corrected chi connectivity index (χ0v) is 34.7. The minimum absolute atomic E-state index is 0.159. The van der Waals surface area contributed by atoms with Gasteiger partial charge in [0.15, 0.2) is 5.78 Å². The normalized spacial score (nSPS) is 15.7. The van der Waals surface area contributed by atoms with Gasteiger partial charge in [0, 0.05) is 30.7 Å². The molecule has 18 heteroatoms. The Morgan fingerprint density at radius 2 is 1.15 bits per heavy atom. The van der Waals surface area contributed by atoms with E-state index in [0.717, 1.165) is 0 Å². The number of non-ortho nitro benzene ring substituents is 2. The van der Waals surface area contributed by atoms with Crippen LogP contribution in [-0.2, 0) is 51.3 Å². The van der Waals surface area contributed by atoms with Gasteiger partial charge in [0.05, 0.1) is 42.1 Å². The van der Waals surface area contributed by atoms with E-state index in [-0.39, 0.29) is 18.0 Å². The second kappa shape index (κ2) is 19.8. The highest BCUT2D eigenvalue weighted by molar-refractivity contribution is 6.15. The van der Waals surface area contributed by atoms with Crippen LogP contribution in [-0.4, -0.2) is 76.5 Å². The van der Waals surface area contributed by atoms with Gasteiger partial charge in [-0.2, -0.15) is 0 Å². The van der Waals surface area contributed by atoms with E-state index in [2.05, 4.69) is 0 Å². The lowest BCUT2D eigenvalue weighted by molar-refractivity contribution is -0.385. The Hall–Kier alpha value is -7.37. The lowest BCUT2D eigenvalue weighted by Gasteiger charge is -2.52. The van der Waals surface area contributed by atoms with E-state index in [9.17, 15) is 44.2 Å². The van der Waals surface area contributed by atoms with Gasteiger partial charge in [-0.15, -0.1) is 0 Å². The third-order valence-corrected chi connectivity index (χ3v) is 9.88. The summed E-state index contributed by atoms with van der Waals surface area (Å²) in [6, 6.07) is 22.2. The Balaban J connectivity index is 1.47. The van der Waals surface area contributed by atoms with Crippen molar-refractivity contribution in [2.24, 2.45) is 11.8 Å². The van der Waals surface area contributed by atoms with Gasteiger partial charge in [-0.1, -0.05) is 24.3 Å². The van der Waals surface area contributed by atoms with Crippen LogP contribution in [0.15, 0.2) is 97.1 Å². The number of amides is 1. The SMILES string of the molecule is COc1ccc(C(c2ccc(OC)cc2)N2C(=O)C(C(C)OC(=O)OCc3ccc([N+](=O)[O-])cc3)C2CC(=O)C(C(=O)OCc2ccc([N+](=O)[O-])cc2)C(=O)OC(C)(C)C)cc1. The van der Waals surface area contributed by atoms with E-state index in [1.807, 2.05) is 0 Å². The van der Waals surface area contributed by atoms with Gasteiger partial charge in [0.25, 0.3) is 11.4 Å². The average molecular weight is 856 g/mol. The topological polar surface area (TPSA) is 230 Å². The Bertz CT molecular complexity index is 2230. The molecule has 1 fully saturated rings. The molecule has 4 unspecified atom stereocenters. The molecule has 1 amide bonds. The summed E-state index contributed by atoms with van der Waals surface area (Å²) < 4.78 is 32.4. The highest BCUT2D eigenvalue weighted by Gasteiger charge is 2.56. The summed E-state index contributed by atoms with van der Waals surface area (Å²) in [5, 5.41) is 22.2. The molecular weight excluding hydrogens is 810 g/mol. The molecule has 326 valence electrons. The number of carbonyl (C=O) groups is 5. The number of hydrogen-bond acceptors (Lipinski definition) is 15. The zero-order valence-electron chi connectivity index (χ0n) is 34.7. The van der Waals surface area contributed by atoms with E-state index in [0.29, 0.717) is 33.8 Å². The number of Topliss-reactive ketones (excluding diaryl/α,β-unsaturated/α-hetero) is 1. The third kappa shape index (κ3) is 11.3. The lowest BCUT2D eigenvalue weighted by Crippen LogP contribution is -2.66. The first-order chi connectivity index (χ1) is 29.4. The number of ketones is 1. The van der Waals surface area contributed by atoms with Crippen LogP contribution in [0.3, 0.4) is 0 Å². The van der Waals surface area contributed by atoms with Gasteiger partial charge in [0.1, 0.15) is 36.4 Å². The maximum Gasteiger partial charge on any atom is 0.508 e. The van der Waals surface area contributed by atoms with Crippen molar-refractivity contribution >= 4 is 41.2 Å². The highest BCUT2D eigenvalue weighted by atomic mass is 16.7. The van der Waals surface area contributed by atoms with Crippen LogP contribution in [0.5, 0.6) is 11.5 Å². The van der Waals surface area contributed by atoms with Crippen molar-refractivity contribution in [3.05, 3.63) is 140 Å². The third-order valence-electron chi connectivity index (χ3n) is 9.88. The molecule has 62 heavy (non-hydrogen) atoms. The van der Waals surface area contributed by atoms with E-state index in [1.165, 1.54) is 74.6 Å².